The van der Waals surface area contributed by atoms with Crippen molar-refractivity contribution in [3.05, 3.63) is 59.7 Å². The highest BCUT2D eigenvalue weighted by Gasteiger charge is 2.16. The third-order valence-electron chi connectivity index (χ3n) is 3.40. The van der Waals surface area contributed by atoms with E-state index in [1.807, 2.05) is 6.07 Å². The molecule has 6 heteroatoms. The minimum absolute atomic E-state index is 0.101. The zero-order chi connectivity index (χ0) is 15.6. The van der Waals surface area contributed by atoms with E-state index in [1.165, 1.54) is 21.4 Å². The number of hydrogen-bond acceptors (Lipinski definition) is 4. The average Bonchev–Trinajstić information content (AvgIpc) is 2.76. The summed E-state index contributed by atoms with van der Waals surface area (Å²) < 4.78 is 0.549. The van der Waals surface area contributed by atoms with E-state index >= 15 is 0 Å². The van der Waals surface area contributed by atoms with Gasteiger partial charge in [0.2, 0.25) is 0 Å². The molecule has 1 unspecified atom stereocenters. The van der Waals surface area contributed by atoms with Gasteiger partial charge in [-0.15, -0.1) is 11.3 Å². The number of hydrogen-bond donors (Lipinski definition) is 1. The Hall–Kier alpha value is -1.24. The molecule has 112 valence electrons. The lowest BCUT2D eigenvalue weighted by atomic mass is 10.1. The molecule has 1 N–H and O–H groups in total. The van der Waals surface area contributed by atoms with Gasteiger partial charge in [0, 0.05) is 28.4 Å². The first kappa shape index (κ1) is 16.1. The van der Waals surface area contributed by atoms with Crippen LogP contribution >= 0.6 is 27.3 Å². The predicted octanol–water partition coefficient (Wildman–Crippen LogP) is 4.89. The Morgan fingerprint density at radius 1 is 1.43 bits per heavy atom. The molecule has 1 aromatic heterocycles. The number of rotatable bonds is 5. The summed E-state index contributed by atoms with van der Waals surface area (Å²) in [5, 5.41) is 14.4. The summed E-state index contributed by atoms with van der Waals surface area (Å²) in [6, 6.07) is 7.51. The maximum Gasteiger partial charge on any atom is 0.283 e. The predicted molar refractivity (Wildman–Crippen MR) is 89.8 cm³/mol. The summed E-state index contributed by atoms with van der Waals surface area (Å²) in [5.41, 5.74) is 2.28. The van der Waals surface area contributed by atoms with Crippen molar-refractivity contribution in [2.45, 2.75) is 33.4 Å². The van der Waals surface area contributed by atoms with Crippen LogP contribution in [-0.4, -0.2) is 4.92 Å². The monoisotopic (exact) mass is 368 g/mol. The van der Waals surface area contributed by atoms with Crippen LogP contribution in [0.1, 0.15) is 33.8 Å². The molecule has 2 aromatic rings. The number of benzene rings is 1. The van der Waals surface area contributed by atoms with E-state index in [1.54, 1.807) is 17.4 Å². The van der Waals surface area contributed by atoms with E-state index in [2.05, 4.69) is 48.1 Å². The highest BCUT2D eigenvalue weighted by atomic mass is 79.9. The molecule has 1 aromatic carbocycles. The topological polar surface area (TPSA) is 55.2 Å². The number of nitrogens with zero attached hydrogens (tertiary/aromatic N) is 1. The van der Waals surface area contributed by atoms with Crippen LogP contribution < -0.4 is 5.32 Å². The molecule has 2 rings (SSSR count). The third kappa shape index (κ3) is 3.70. The third-order valence-corrected chi connectivity index (χ3v) is 5.30. The maximum absolute atomic E-state index is 10.9. The Bertz CT molecular complexity index is 670. The minimum atomic E-state index is -0.372. The number of aryl methyl sites for hydroxylation is 2. The zero-order valence-corrected chi connectivity index (χ0v) is 14.5. The van der Waals surface area contributed by atoms with Gasteiger partial charge in [-0.05, 0) is 53.9 Å². The number of nitro benzene ring substituents is 1. The van der Waals surface area contributed by atoms with E-state index in [0.717, 1.165) is 5.56 Å². The molecule has 0 aliphatic heterocycles. The number of nitro groups is 1. The molecule has 0 aliphatic carbocycles. The van der Waals surface area contributed by atoms with Crippen molar-refractivity contribution < 1.29 is 4.92 Å². The normalized spacial score (nSPS) is 12.4. The lowest BCUT2D eigenvalue weighted by molar-refractivity contribution is -0.385. The molecule has 1 atom stereocenters. The molecular formula is C15H17BrN2O2S. The van der Waals surface area contributed by atoms with Crippen LogP contribution in [0.2, 0.25) is 0 Å². The highest BCUT2D eigenvalue weighted by Crippen LogP contribution is 2.30. The Morgan fingerprint density at radius 2 is 2.14 bits per heavy atom. The van der Waals surface area contributed by atoms with Crippen LogP contribution in [0.25, 0.3) is 0 Å². The van der Waals surface area contributed by atoms with E-state index < -0.39 is 0 Å². The first-order valence-corrected chi connectivity index (χ1v) is 8.23. The van der Waals surface area contributed by atoms with Gasteiger partial charge < -0.3 is 5.32 Å². The summed E-state index contributed by atoms with van der Waals surface area (Å²) in [5.74, 6) is 0. The van der Waals surface area contributed by atoms with Gasteiger partial charge >= 0.3 is 0 Å². The van der Waals surface area contributed by atoms with Crippen molar-refractivity contribution in [2.24, 2.45) is 0 Å². The standard InChI is InChI=1S/C15H17BrN2O2S/c1-9-7-13(11(3)21-9)10(2)17-8-12-5-4-6-14(15(12)16)18(19)20/h4-7,10,17H,8H2,1-3H3. The number of halogens is 1. The van der Waals surface area contributed by atoms with Gasteiger partial charge in [-0.1, -0.05) is 12.1 Å². The molecule has 0 aliphatic rings. The Kier molecular flexibility index (Phi) is 5.13. The van der Waals surface area contributed by atoms with Crippen molar-refractivity contribution in [3.8, 4) is 0 Å². The van der Waals surface area contributed by atoms with Gasteiger partial charge in [-0.3, -0.25) is 10.1 Å². The molecule has 0 fully saturated rings. The number of nitrogens with one attached hydrogen (secondary N) is 1. The Morgan fingerprint density at radius 3 is 2.71 bits per heavy atom. The first-order valence-electron chi connectivity index (χ1n) is 6.62. The van der Waals surface area contributed by atoms with Crippen LogP contribution in [0, 0.1) is 24.0 Å². The molecule has 0 bridgehead atoms. The van der Waals surface area contributed by atoms with Crippen LogP contribution in [0.4, 0.5) is 5.69 Å². The van der Waals surface area contributed by atoms with Crippen molar-refractivity contribution in [1.29, 1.82) is 0 Å². The van der Waals surface area contributed by atoms with Gasteiger partial charge in [0.15, 0.2) is 0 Å². The summed E-state index contributed by atoms with van der Waals surface area (Å²) in [6.45, 7) is 6.91. The van der Waals surface area contributed by atoms with Gasteiger partial charge in [0.1, 0.15) is 0 Å². The molecule has 1 heterocycles. The number of thiophene rings is 1. The van der Waals surface area contributed by atoms with Crippen molar-refractivity contribution in [1.82, 2.24) is 5.32 Å². The van der Waals surface area contributed by atoms with Crippen molar-refractivity contribution >= 4 is 33.0 Å². The van der Waals surface area contributed by atoms with Crippen molar-refractivity contribution in [3.63, 3.8) is 0 Å². The minimum Gasteiger partial charge on any atom is -0.306 e. The van der Waals surface area contributed by atoms with E-state index in [9.17, 15) is 10.1 Å². The van der Waals surface area contributed by atoms with Crippen LogP contribution in [-0.2, 0) is 6.54 Å². The second-order valence-corrected chi connectivity index (χ2v) is 7.23. The quantitative estimate of drug-likeness (QED) is 0.603. The molecule has 21 heavy (non-hydrogen) atoms. The fourth-order valence-electron chi connectivity index (χ4n) is 2.30. The van der Waals surface area contributed by atoms with Gasteiger partial charge in [-0.2, -0.15) is 0 Å². The summed E-state index contributed by atoms with van der Waals surface area (Å²) >= 11 is 5.12. The molecule has 4 nitrogen and oxygen atoms in total. The van der Waals surface area contributed by atoms with E-state index in [4.69, 9.17) is 0 Å². The lowest BCUT2D eigenvalue weighted by Gasteiger charge is -2.14. The molecule has 0 saturated heterocycles. The zero-order valence-electron chi connectivity index (χ0n) is 12.1. The highest BCUT2D eigenvalue weighted by molar-refractivity contribution is 9.10. The Balaban J connectivity index is 2.11. The van der Waals surface area contributed by atoms with Gasteiger partial charge in [0.25, 0.3) is 5.69 Å². The van der Waals surface area contributed by atoms with Crippen LogP contribution in [0.5, 0.6) is 0 Å². The van der Waals surface area contributed by atoms with Crippen LogP contribution in [0.15, 0.2) is 28.7 Å². The van der Waals surface area contributed by atoms with E-state index in [0.29, 0.717) is 11.0 Å². The first-order chi connectivity index (χ1) is 9.90. The summed E-state index contributed by atoms with van der Waals surface area (Å²) in [6.07, 6.45) is 0. The maximum atomic E-state index is 10.9. The summed E-state index contributed by atoms with van der Waals surface area (Å²) in [7, 11) is 0. The molecule has 0 spiro atoms. The second-order valence-electron chi connectivity index (χ2n) is 4.98. The fourth-order valence-corrected chi connectivity index (χ4v) is 3.87. The van der Waals surface area contributed by atoms with Gasteiger partial charge in [0.05, 0.1) is 9.40 Å². The SMILES string of the molecule is Cc1cc(C(C)NCc2cccc([N+](=O)[O-])c2Br)c(C)s1. The average molecular weight is 369 g/mol. The smallest absolute Gasteiger partial charge is 0.283 e. The van der Waals surface area contributed by atoms with Crippen molar-refractivity contribution in [2.75, 3.05) is 0 Å². The van der Waals surface area contributed by atoms with Gasteiger partial charge in [-0.25, -0.2) is 0 Å². The molecule has 0 saturated carbocycles. The van der Waals surface area contributed by atoms with E-state index in [-0.39, 0.29) is 16.7 Å². The summed E-state index contributed by atoms with van der Waals surface area (Å²) in [4.78, 5) is 13.2. The fraction of sp³-hybridized carbons (Fsp3) is 0.333. The largest absolute Gasteiger partial charge is 0.306 e. The molecule has 0 amide bonds. The molecular weight excluding hydrogens is 352 g/mol. The van der Waals surface area contributed by atoms with Crippen LogP contribution in [0.3, 0.4) is 0 Å². The second kappa shape index (κ2) is 6.68. The Labute approximate surface area is 136 Å². The molecule has 0 radical (unpaired) electrons. The lowest BCUT2D eigenvalue weighted by Crippen LogP contribution is -2.18.